The van der Waals surface area contributed by atoms with Gasteiger partial charge in [-0.15, -0.1) is 0 Å². The summed E-state index contributed by atoms with van der Waals surface area (Å²) in [5, 5.41) is 2.61. The number of aryl methyl sites for hydroxylation is 1. The topological polar surface area (TPSA) is 155 Å². The smallest absolute Gasteiger partial charge is 0.464 e. The number of cyclic esters (lactones) is 1. The number of esters is 1. The molecule has 2 fully saturated rings. The predicted octanol–water partition coefficient (Wildman–Crippen LogP) is 6.69. The molecule has 2 aromatic carbocycles. The highest BCUT2D eigenvalue weighted by molar-refractivity contribution is 6.88. The summed E-state index contributed by atoms with van der Waals surface area (Å²) in [5.74, 6) is -2.69. The van der Waals surface area contributed by atoms with Gasteiger partial charge in [0.1, 0.15) is 17.8 Å². The molecule has 4 amide bonds. The van der Waals surface area contributed by atoms with Gasteiger partial charge in [0.05, 0.1) is 30.0 Å². The molecular formula is C50H63AlFN7O7. The Morgan fingerprint density at radius 3 is 2.59 bits per heavy atom. The molecule has 0 saturated carbocycles. The molecule has 4 atom stereocenters. The number of hydrazine groups is 1. The molecule has 16 heteroatoms. The molecule has 3 aliphatic heterocycles. The molecule has 2 N–H and O–H groups in total. The predicted molar refractivity (Wildman–Crippen MR) is 253 cm³/mol. The number of carbonyl (C=O) groups is 5. The number of likely N-dealkylation sites (tertiary alicyclic amines) is 1. The monoisotopic (exact) mass is 919 g/mol. The van der Waals surface area contributed by atoms with Crippen LogP contribution in [-0.4, -0.2) is 125 Å². The average Bonchev–Trinajstić information content (AvgIpc) is 3.92. The summed E-state index contributed by atoms with van der Waals surface area (Å²) in [7, 11) is 3.07. The number of rotatable bonds is 10. The molecule has 3 aliphatic rings. The normalized spacial score (nSPS) is 20.0. The van der Waals surface area contributed by atoms with Gasteiger partial charge in [-0.3, -0.25) is 34.0 Å². The third kappa shape index (κ3) is 10.1. The number of amides is 4. The molecule has 4 aromatic rings. The Morgan fingerprint density at radius 1 is 1.12 bits per heavy atom. The van der Waals surface area contributed by atoms with Crippen LogP contribution in [-0.2, 0) is 46.9 Å². The number of ether oxygens (including phenoxy) is 2. The van der Waals surface area contributed by atoms with E-state index in [1.165, 1.54) is 36.9 Å². The molecule has 66 heavy (non-hydrogen) atoms. The minimum absolute atomic E-state index is 0.107. The van der Waals surface area contributed by atoms with Crippen molar-refractivity contribution in [3.8, 4) is 22.4 Å². The van der Waals surface area contributed by atoms with Crippen LogP contribution in [0.2, 0.25) is 0 Å². The number of benzene rings is 2. The Hall–Kier alpha value is -5.40. The van der Waals surface area contributed by atoms with E-state index in [0.29, 0.717) is 38.8 Å². The second-order valence-electron chi connectivity index (χ2n) is 19.2. The van der Waals surface area contributed by atoms with Crippen molar-refractivity contribution in [2.75, 3.05) is 40.4 Å². The SMILES string of the molecule is C=CC(=O)N1CC[C@H](C(=O)N(C)[C@H](C(=O)[NH][Al]2[CH2]c3cccc(c3)-c3ccc4c(c3)c(c(-c3cccnc3[C@H](C)OC)n4CC)CC(C)(C)COC(=O)[C@@H]3CCCN(N3)[C]2=O)C(C)(C)F)C1. The fraction of sp³-hybridized carbons (Fsp3) is 0.480. The Kier molecular flexibility index (Phi) is 14.6. The molecular weight excluding hydrogens is 857 g/mol. The maximum atomic E-state index is 16.3. The van der Waals surface area contributed by atoms with Crippen LogP contribution in [0.25, 0.3) is 33.3 Å². The molecule has 2 saturated heterocycles. The Balaban J connectivity index is 1.30. The summed E-state index contributed by atoms with van der Waals surface area (Å²) in [5.41, 5.74) is 7.97. The van der Waals surface area contributed by atoms with Gasteiger partial charge in [0, 0.05) is 68.4 Å². The zero-order valence-corrected chi connectivity index (χ0v) is 40.6. The van der Waals surface area contributed by atoms with Crippen LogP contribution in [0.1, 0.15) is 83.7 Å². The van der Waals surface area contributed by atoms with Crippen molar-refractivity contribution in [3.63, 3.8) is 0 Å². The molecule has 350 valence electrons. The van der Waals surface area contributed by atoms with Gasteiger partial charge in [0.2, 0.25) is 17.7 Å². The number of aromatic nitrogens is 2. The van der Waals surface area contributed by atoms with E-state index in [1.54, 1.807) is 13.3 Å². The number of hydrogen-bond acceptors (Lipinski definition) is 9. The van der Waals surface area contributed by atoms with E-state index in [2.05, 4.69) is 65.9 Å². The van der Waals surface area contributed by atoms with E-state index >= 15 is 4.39 Å². The van der Waals surface area contributed by atoms with Gasteiger partial charge >= 0.3 is 20.3 Å². The third-order valence-electron chi connectivity index (χ3n) is 13.3. The highest BCUT2D eigenvalue weighted by atomic mass is 27.2. The molecule has 0 spiro atoms. The second-order valence-corrected chi connectivity index (χ2v) is 21.5. The first kappa shape index (κ1) is 48.5. The number of alkyl halides is 1. The van der Waals surface area contributed by atoms with Gasteiger partial charge in [0.25, 0.3) is 0 Å². The van der Waals surface area contributed by atoms with Crippen LogP contribution in [0, 0.1) is 11.3 Å². The van der Waals surface area contributed by atoms with Gasteiger partial charge in [-0.1, -0.05) is 56.3 Å². The molecule has 6 bridgehead atoms. The van der Waals surface area contributed by atoms with Crippen LogP contribution < -0.4 is 9.73 Å². The lowest BCUT2D eigenvalue weighted by atomic mass is 9.84. The summed E-state index contributed by atoms with van der Waals surface area (Å²) in [4.78, 5) is 76.8. The van der Waals surface area contributed by atoms with E-state index in [1.807, 2.05) is 37.3 Å². The number of carbonyl (C=O) groups excluding carboxylic acids is 5. The Labute approximate surface area is 391 Å². The fourth-order valence-corrected chi connectivity index (χ4v) is 12.1. The van der Waals surface area contributed by atoms with Crippen LogP contribution in [0.4, 0.5) is 9.18 Å². The van der Waals surface area contributed by atoms with E-state index < -0.39 is 61.2 Å². The van der Waals surface area contributed by atoms with Crippen LogP contribution in [0.3, 0.4) is 0 Å². The summed E-state index contributed by atoms with van der Waals surface area (Å²) < 4.78 is 33.1. The molecule has 2 aromatic heterocycles. The van der Waals surface area contributed by atoms with Gasteiger partial charge in [-0.2, -0.15) is 0 Å². The molecule has 0 aliphatic carbocycles. The van der Waals surface area contributed by atoms with E-state index in [0.717, 1.165) is 55.0 Å². The van der Waals surface area contributed by atoms with Crippen LogP contribution >= 0.6 is 0 Å². The van der Waals surface area contributed by atoms with Crippen molar-refractivity contribution in [1.29, 1.82) is 0 Å². The quantitative estimate of drug-likeness (QED) is 0.101. The number of pyridine rings is 1. The van der Waals surface area contributed by atoms with Crippen LogP contribution in [0.15, 0.2) is 73.4 Å². The van der Waals surface area contributed by atoms with Gasteiger partial charge in [-0.25, -0.2) is 9.82 Å². The second kappa shape index (κ2) is 19.8. The zero-order valence-electron chi connectivity index (χ0n) is 39.5. The first-order chi connectivity index (χ1) is 31.3. The summed E-state index contributed by atoms with van der Waals surface area (Å²) in [6, 6.07) is 15.9. The minimum Gasteiger partial charge on any atom is -0.464 e. The largest absolute Gasteiger partial charge is 0.549 e. The number of hydrogen-bond donors (Lipinski definition) is 2. The van der Waals surface area contributed by atoms with Crippen LogP contribution in [0.5, 0.6) is 0 Å². The highest BCUT2D eigenvalue weighted by Crippen LogP contribution is 2.42. The lowest BCUT2D eigenvalue weighted by Crippen LogP contribution is -2.65. The molecule has 7 rings (SSSR count). The summed E-state index contributed by atoms with van der Waals surface area (Å²) >= 11 is -3.16. The fourth-order valence-electron chi connectivity index (χ4n) is 9.89. The molecule has 5 heterocycles. The number of nitrogens with one attached hydrogen (secondary N) is 2. The highest BCUT2D eigenvalue weighted by Gasteiger charge is 2.47. The molecule has 0 unspecified atom stereocenters. The average molecular weight is 920 g/mol. The lowest BCUT2D eigenvalue weighted by Gasteiger charge is -2.37. The maximum absolute atomic E-state index is 16.3. The number of nitrogens with zero attached hydrogens (tertiary/aromatic N) is 5. The standard InChI is InChI=1S/C36H42N4O4.C14H22FN3O3.Al/c1-7-40-32-16-15-27(26-12-8-11-24(2)19-26)20-29(32)30(34(40)28-13-9-17-37-33(28)25(3)43-6)21-36(4,5)22-44-35(42)31-14-10-18-39(23-41)38-31;1-5-10(19)18-7-6-9(8-18)13(21)17(4)11(12(16)20)14(2,3)15;/h8-9,11-13,15-17,19-20,25,31,38H,2,7,10,14,18,21-22H2,1,3-6H3;5,9,11H,1,6-8H2,2-4H3,(H2,16,20);/q;;+1/p-1/t25-,31-;9-,11+;/m00./s1. The first-order valence-electron chi connectivity index (χ1n) is 23.0. The van der Waals surface area contributed by atoms with Crippen molar-refractivity contribution in [2.45, 2.75) is 103 Å². The summed E-state index contributed by atoms with van der Waals surface area (Å²) in [6.45, 7) is 15.8. The molecule has 14 nitrogen and oxygen atoms in total. The number of methoxy groups -OCH3 is 1. The van der Waals surface area contributed by atoms with Crippen molar-refractivity contribution in [1.82, 2.24) is 34.1 Å². The van der Waals surface area contributed by atoms with Gasteiger partial charge < -0.3 is 28.1 Å². The lowest BCUT2D eigenvalue weighted by molar-refractivity contribution is -0.151. The van der Waals surface area contributed by atoms with E-state index in [9.17, 15) is 24.0 Å². The van der Waals surface area contributed by atoms with Crippen molar-refractivity contribution >= 4 is 53.7 Å². The van der Waals surface area contributed by atoms with Crippen molar-refractivity contribution in [2.24, 2.45) is 11.3 Å². The third-order valence-corrected chi connectivity index (χ3v) is 15.7. The first-order valence-corrected chi connectivity index (χ1v) is 25.0. The van der Waals surface area contributed by atoms with E-state index in [4.69, 9.17) is 14.5 Å². The number of halogens is 1. The maximum Gasteiger partial charge on any atom is 0.549 e. The van der Waals surface area contributed by atoms with Gasteiger partial charge in [-0.05, 0) is 106 Å². The van der Waals surface area contributed by atoms with Crippen molar-refractivity contribution in [3.05, 3.63) is 90.3 Å². The number of likely N-dealkylation sites (N-methyl/N-ethyl adjacent to an activating group) is 1. The Morgan fingerprint density at radius 2 is 1.88 bits per heavy atom. The Bertz CT molecular complexity index is 2520. The summed E-state index contributed by atoms with van der Waals surface area (Å²) in [6.07, 6.45) is 4.56. The number of fused-ring (bicyclic) bond motifs is 6. The molecule has 0 radical (unpaired) electrons. The van der Waals surface area contributed by atoms with Gasteiger partial charge in [0.15, 0.2) is 4.77 Å². The zero-order chi connectivity index (χ0) is 47.7. The van der Waals surface area contributed by atoms with Crippen molar-refractivity contribution < 1.29 is 37.8 Å². The van der Waals surface area contributed by atoms with E-state index in [-0.39, 0.29) is 41.8 Å². The minimum atomic E-state index is -3.16.